The molecule has 0 amide bonds. The minimum Gasteiger partial charge on any atom is -0.462 e. The zero-order valence-corrected chi connectivity index (χ0v) is 29.8. The van der Waals surface area contributed by atoms with Crippen LogP contribution in [0.2, 0.25) is 0 Å². The molecule has 0 aromatic heterocycles. The van der Waals surface area contributed by atoms with E-state index in [-0.39, 0.29) is 37.7 Å². The Morgan fingerprint density at radius 2 is 1.20 bits per heavy atom. The molecule has 266 valence electrons. The van der Waals surface area contributed by atoms with Gasteiger partial charge in [-0.05, 0) is 50.9 Å². The van der Waals surface area contributed by atoms with Gasteiger partial charge < -0.3 is 19.7 Å². The SMILES string of the molecule is CCCC[C@@H](O)/C=C\C/C=C\C/C=C\C/C=C\CCCC(=O)O[C@@H](CO)COC(=O)CCCCCCCCCCCCC(C)CC. The Bertz CT molecular complexity index is 815. The van der Waals surface area contributed by atoms with E-state index in [4.69, 9.17) is 9.47 Å². The lowest BCUT2D eigenvalue weighted by Gasteiger charge is -2.15. The Balaban J connectivity index is 3.73. The molecule has 0 aliphatic carbocycles. The predicted molar refractivity (Wildman–Crippen MR) is 193 cm³/mol. The summed E-state index contributed by atoms with van der Waals surface area (Å²) in [6.45, 7) is 6.28. The van der Waals surface area contributed by atoms with Crippen molar-refractivity contribution >= 4 is 11.9 Å². The second-order valence-electron chi connectivity index (χ2n) is 12.7. The zero-order valence-electron chi connectivity index (χ0n) is 29.8. The molecule has 0 bridgehead atoms. The molecule has 0 spiro atoms. The molecule has 0 rings (SSSR count). The predicted octanol–water partition coefficient (Wildman–Crippen LogP) is 10.3. The van der Waals surface area contributed by atoms with E-state index in [0.29, 0.717) is 12.8 Å². The van der Waals surface area contributed by atoms with Gasteiger partial charge in [0, 0.05) is 12.8 Å². The summed E-state index contributed by atoms with van der Waals surface area (Å²) in [6, 6.07) is 0. The topological polar surface area (TPSA) is 93.1 Å². The molecule has 6 nitrogen and oxygen atoms in total. The van der Waals surface area contributed by atoms with Crippen LogP contribution in [0.15, 0.2) is 48.6 Å². The van der Waals surface area contributed by atoms with Gasteiger partial charge in [-0.25, -0.2) is 0 Å². The second kappa shape index (κ2) is 34.2. The molecule has 0 aromatic carbocycles. The summed E-state index contributed by atoms with van der Waals surface area (Å²) in [5.41, 5.74) is 0. The van der Waals surface area contributed by atoms with Gasteiger partial charge in [0.2, 0.25) is 0 Å². The highest BCUT2D eigenvalue weighted by Crippen LogP contribution is 2.15. The number of rotatable bonds is 32. The third-order valence-corrected chi connectivity index (χ3v) is 8.24. The van der Waals surface area contributed by atoms with Crippen LogP contribution in [0, 0.1) is 5.92 Å². The molecular weight excluding hydrogens is 576 g/mol. The molecule has 0 aliphatic rings. The standard InChI is InChI=1S/C40H70O6/c1-4-6-30-37(42)31-26-22-18-14-9-7-8-10-16-20-24-28-33-40(44)46-38(34-41)35-45-39(43)32-27-23-19-15-12-11-13-17-21-25-29-36(3)5-2/h7-8,14,16,18,20,26,31,36-38,41-42H,4-6,9-13,15,17,19,21-25,27-30,32-35H2,1-3H3/b8-7-,18-14-,20-16-,31-26-/t36?,37-,38+/m1/s1. The van der Waals surface area contributed by atoms with Crippen molar-refractivity contribution in [2.75, 3.05) is 13.2 Å². The number of hydrogen-bond acceptors (Lipinski definition) is 6. The quantitative estimate of drug-likeness (QED) is 0.0429. The average molecular weight is 647 g/mol. The summed E-state index contributed by atoms with van der Waals surface area (Å²) >= 11 is 0. The lowest BCUT2D eigenvalue weighted by atomic mass is 9.99. The minimum absolute atomic E-state index is 0.0985. The van der Waals surface area contributed by atoms with Crippen molar-refractivity contribution in [3.63, 3.8) is 0 Å². The van der Waals surface area contributed by atoms with Crippen molar-refractivity contribution in [1.29, 1.82) is 0 Å². The van der Waals surface area contributed by atoms with E-state index in [1.807, 2.05) is 12.2 Å². The zero-order chi connectivity index (χ0) is 33.9. The number of aliphatic hydroxyl groups excluding tert-OH is 2. The van der Waals surface area contributed by atoms with Gasteiger partial charge in [-0.15, -0.1) is 0 Å². The lowest BCUT2D eigenvalue weighted by Crippen LogP contribution is -2.28. The van der Waals surface area contributed by atoms with Crippen molar-refractivity contribution in [3.8, 4) is 0 Å². The van der Waals surface area contributed by atoms with Crippen LogP contribution in [0.4, 0.5) is 0 Å². The highest BCUT2D eigenvalue weighted by atomic mass is 16.6. The minimum atomic E-state index is -0.811. The maximum atomic E-state index is 12.1. The van der Waals surface area contributed by atoms with E-state index in [1.165, 1.54) is 57.8 Å². The second-order valence-corrected chi connectivity index (χ2v) is 12.7. The molecule has 0 fully saturated rings. The van der Waals surface area contributed by atoms with E-state index < -0.39 is 6.10 Å². The molecule has 1 unspecified atom stereocenters. The third kappa shape index (κ3) is 31.8. The Morgan fingerprint density at radius 3 is 1.78 bits per heavy atom. The molecule has 0 radical (unpaired) electrons. The van der Waals surface area contributed by atoms with E-state index in [1.54, 1.807) is 0 Å². The van der Waals surface area contributed by atoms with E-state index in [0.717, 1.165) is 70.1 Å². The molecule has 2 N–H and O–H groups in total. The van der Waals surface area contributed by atoms with Crippen LogP contribution in [-0.2, 0) is 19.1 Å². The fourth-order valence-electron chi connectivity index (χ4n) is 4.95. The summed E-state index contributed by atoms with van der Waals surface area (Å²) in [4.78, 5) is 24.2. The van der Waals surface area contributed by atoms with Crippen LogP contribution in [0.1, 0.15) is 162 Å². The van der Waals surface area contributed by atoms with Gasteiger partial charge in [0.15, 0.2) is 6.10 Å². The van der Waals surface area contributed by atoms with Gasteiger partial charge in [0.05, 0.1) is 12.7 Å². The van der Waals surface area contributed by atoms with E-state index in [9.17, 15) is 19.8 Å². The van der Waals surface area contributed by atoms with Crippen molar-refractivity contribution in [3.05, 3.63) is 48.6 Å². The first-order chi connectivity index (χ1) is 22.4. The van der Waals surface area contributed by atoms with Gasteiger partial charge >= 0.3 is 11.9 Å². The number of hydrogen-bond donors (Lipinski definition) is 2. The molecule has 0 heterocycles. The average Bonchev–Trinajstić information content (AvgIpc) is 3.05. The van der Waals surface area contributed by atoms with Crippen LogP contribution in [-0.4, -0.2) is 47.6 Å². The smallest absolute Gasteiger partial charge is 0.306 e. The number of esters is 2. The van der Waals surface area contributed by atoms with Crippen molar-refractivity contribution in [2.24, 2.45) is 5.92 Å². The largest absolute Gasteiger partial charge is 0.462 e. The Labute approximate surface area is 282 Å². The van der Waals surface area contributed by atoms with Crippen LogP contribution in [0.3, 0.4) is 0 Å². The summed E-state index contributed by atoms with van der Waals surface area (Å²) in [5, 5.41) is 19.3. The van der Waals surface area contributed by atoms with Gasteiger partial charge in [0.1, 0.15) is 6.61 Å². The Hall–Kier alpha value is -2.18. The van der Waals surface area contributed by atoms with Crippen LogP contribution in [0.5, 0.6) is 0 Å². The van der Waals surface area contributed by atoms with Crippen molar-refractivity contribution in [2.45, 2.75) is 174 Å². The fourth-order valence-corrected chi connectivity index (χ4v) is 4.95. The maximum absolute atomic E-state index is 12.1. The summed E-state index contributed by atoms with van der Waals surface area (Å²) in [5.74, 6) is 0.189. The van der Waals surface area contributed by atoms with Gasteiger partial charge in [0.25, 0.3) is 0 Å². The molecule has 0 saturated carbocycles. The molecule has 0 saturated heterocycles. The first-order valence-electron chi connectivity index (χ1n) is 18.7. The van der Waals surface area contributed by atoms with Crippen LogP contribution >= 0.6 is 0 Å². The number of allylic oxidation sites excluding steroid dienone is 7. The van der Waals surface area contributed by atoms with Gasteiger partial charge in [-0.2, -0.15) is 0 Å². The van der Waals surface area contributed by atoms with Crippen molar-refractivity contribution in [1.82, 2.24) is 0 Å². The molecule has 46 heavy (non-hydrogen) atoms. The van der Waals surface area contributed by atoms with Gasteiger partial charge in [-0.3, -0.25) is 9.59 Å². The first kappa shape index (κ1) is 43.8. The first-order valence-corrected chi connectivity index (χ1v) is 18.7. The fraction of sp³-hybridized carbons (Fsp3) is 0.750. The van der Waals surface area contributed by atoms with E-state index >= 15 is 0 Å². The van der Waals surface area contributed by atoms with Crippen LogP contribution in [0.25, 0.3) is 0 Å². The highest BCUT2D eigenvalue weighted by molar-refractivity contribution is 5.70. The number of unbranched alkanes of at least 4 members (excludes halogenated alkanes) is 11. The third-order valence-electron chi connectivity index (χ3n) is 8.24. The number of aliphatic hydroxyl groups is 2. The lowest BCUT2D eigenvalue weighted by molar-refractivity contribution is -0.161. The highest BCUT2D eigenvalue weighted by Gasteiger charge is 2.16. The number of carbonyl (C=O) groups is 2. The Morgan fingerprint density at radius 1 is 0.652 bits per heavy atom. The number of ether oxygens (including phenoxy) is 2. The van der Waals surface area contributed by atoms with E-state index in [2.05, 4.69) is 57.2 Å². The van der Waals surface area contributed by atoms with Crippen LogP contribution < -0.4 is 0 Å². The molecule has 6 heteroatoms. The summed E-state index contributed by atoms with van der Waals surface area (Å²) < 4.78 is 10.5. The number of carbonyl (C=O) groups excluding carboxylic acids is 2. The monoisotopic (exact) mass is 647 g/mol. The Kier molecular flexibility index (Phi) is 32.5. The molecule has 0 aromatic rings. The molecular formula is C40H70O6. The summed E-state index contributed by atoms with van der Waals surface area (Å²) in [6.07, 6.45) is 37.9. The van der Waals surface area contributed by atoms with Crippen molar-refractivity contribution < 1.29 is 29.3 Å². The summed E-state index contributed by atoms with van der Waals surface area (Å²) in [7, 11) is 0. The molecule has 0 aliphatic heterocycles. The molecule has 3 atom stereocenters. The van der Waals surface area contributed by atoms with Gasteiger partial charge in [-0.1, -0.05) is 153 Å². The maximum Gasteiger partial charge on any atom is 0.306 e. The normalized spacial score (nSPS) is 14.1.